The molecule has 7 heteroatoms. The first-order chi connectivity index (χ1) is 10.8. The molecule has 1 atom stereocenters. The number of sulfonamides is 1. The molecule has 1 fully saturated rings. The Kier molecular flexibility index (Phi) is 6.01. The van der Waals surface area contributed by atoms with E-state index in [2.05, 4.69) is 4.72 Å². The Hall–Kier alpha value is -1.60. The van der Waals surface area contributed by atoms with E-state index < -0.39 is 10.0 Å². The standard InChI is InChI=1S/C16H24N2O4S/c1-13-5-3-7-15(11-13)22-10-8-16(19)18-9-4-6-14(12-18)17-23(2,20)21/h3,5,7,11,14,17H,4,6,8-10,12H2,1-2H3. The summed E-state index contributed by atoms with van der Waals surface area (Å²) in [6.45, 7) is 3.41. The molecule has 1 unspecified atom stereocenters. The lowest BCUT2D eigenvalue weighted by molar-refractivity contribution is -0.133. The number of carbonyl (C=O) groups is 1. The molecular weight excluding hydrogens is 316 g/mol. The number of carbonyl (C=O) groups excluding carboxylic acids is 1. The summed E-state index contributed by atoms with van der Waals surface area (Å²) in [5.74, 6) is 0.755. The highest BCUT2D eigenvalue weighted by Crippen LogP contribution is 2.14. The van der Waals surface area contributed by atoms with Gasteiger partial charge in [0, 0.05) is 19.1 Å². The van der Waals surface area contributed by atoms with Gasteiger partial charge in [-0.2, -0.15) is 0 Å². The van der Waals surface area contributed by atoms with Gasteiger partial charge in [-0.1, -0.05) is 12.1 Å². The minimum Gasteiger partial charge on any atom is -0.493 e. The highest BCUT2D eigenvalue weighted by Gasteiger charge is 2.25. The topological polar surface area (TPSA) is 75.7 Å². The van der Waals surface area contributed by atoms with Crippen LogP contribution in [0.25, 0.3) is 0 Å². The number of ether oxygens (including phenoxy) is 1. The highest BCUT2D eigenvalue weighted by atomic mass is 32.2. The van der Waals surface area contributed by atoms with E-state index in [0.29, 0.717) is 26.1 Å². The van der Waals surface area contributed by atoms with Crippen LogP contribution in [0.4, 0.5) is 0 Å². The molecule has 23 heavy (non-hydrogen) atoms. The molecule has 0 aliphatic carbocycles. The van der Waals surface area contributed by atoms with E-state index in [-0.39, 0.29) is 11.9 Å². The van der Waals surface area contributed by atoms with E-state index in [4.69, 9.17) is 4.74 Å². The van der Waals surface area contributed by atoms with E-state index in [1.165, 1.54) is 0 Å². The summed E-state index contributed by atoms with van der Waals surface area (Å²) in [6.07, 6.45) is 3.00. The lowest BCUT2D eigenvalue weighted by Gasteiger charge is -2.32. The molecule has 1 aliphatic heterocycles. The van der Waals surface area contributed by atoms with Crippen LogP contribution < -0.4 is 9.46 Å². The molecule has 0 saturated carbocycles. The van der Waals surface area contributed by atoms with Crippen molar-refractivity contribution in [2.45, 2.75) is 32.2 Å². The van der Waals surface area contributed by atoms with Gasteiger partial charge in [-0.05, 0) is 37.5 Å². The minimum atomic E-state index is -3.24. The summed E-state index contributed by atoms with van der Waals surface area (Å²) in [5.41, 5.74) is 1.11. The zero-order valence-corrected chi connectivity index (χ0v) is 14.4. The van der Waals surface area contributed by atoms with Crippen molar-refractivity contribution in [3.05, 3.63) is 29.8 Å². The molecule has 0 bridgehead atoms. The molecule has 128 valence electrons. The second-order valence-corrected chi connectivity index (χ2v) is 7.76. The maximum atomic E-state index is 12.2. The number of nitrogens with one attached hydrogen (secondary N) is 1. The van der Waals surface area contributed by atoms with Crippen molar-refractivity contribution in [3.63, 3.8) is 0 Å². The summed E-state index contributed by atoms with van der Waals surface area (Å²) in [4.78, 5) is 13.9. The molecule has 1 N–H and O–H groups in total. The number of piperidine rings is 1. The first-order valence-electron chi connectivity index (χ1n) is 7.78. The van der Waals surface area contributed by atoms with Crippen molar-refractivity contribution in [1.29, 1.82) is 0 Å². The largest absolute Gasteiger partial charge is 0.493 e. The van der Waals surface area contributed by atoms with Gasteiger partial charge in [0.05, 0.1) is 19.3 Å². The highest BCUT2D eigenvalue weighted by molar-refractivity contribution is 7.88. The van der Waals surface area contributed by atoms with Crippen molar-refractivity contribution < 1.29 is 17.9 Å². The van der Waals surface area contributed by atoms with E-state index in [1.54, 1.807) is 4.90 Å². The van der Waals surface area contributed by atoms with E-state index in [1.807, 2.05) is 31.2 Å². The van der Waals surface area contributed by atoms with Gasteiger partial charge >= 0.3 is 0 Å². The summed E-state index contributed by atoms with van der Waals surface area (Å²) >= 11 is 0. The molecule has 6 nitrogen and oxygen atoms in total. The van der Waals surface area contributed by atoms with Crippen LogP contribution in [0.3, 0.4) is 0 Å². The van der Waals surface area contributed by atoms with Gasteiger partial charge in [-0.15, -0.1) is 0 Å². The van der Waals surface area contributed by atoms with Crippen LogP contribution in [0.1, 0.15) is 24.8 Å². The maximum Gasteiger partial charge on any atom is 0.226 e. The van der Waals surface area contributed by atoms with Gasteiger partial charge in [-0.3, -0.25) is 4.79 Å². The molecule has 1 aliphatic rings. The van der Waals surface area contributed by atoms with Crippen LogP contribution in [-0.4, -0.2) is 51.2 Å². The number of rotatable bonds is 6. The van der Waals surface area contributed by atoms with E-state index in [9.17, 15) is 13.2 Å². The van der Waals surface area contributed by atoms with E-state index in [0.717, 1.165) is 30.4 Å². The number of likely N-dealkylation sites (tertiary alicyclic amines) is 1. The molecule has 1 heterocycles. The second-order valence-electron chi connectivity index (χ2n) is 5.98. The number of amides is 1. The van der Waals surface area contributed by atoms with Crippen LogP contribution in [0.2, 0.25) is 0 Å². The van der Waals surface area contributed by atoms with Gasteiger partial charge in [0.2, 0.25) is 15.9 Å². The lowest BCUT2D eigenvalue weighted by atomic mass is 10.1. The van der Waals surface area contributed by atoms with Gasteiger partial charge in [0.15, 0.2) is 0 Å². The molecule has 0 spiro atoms. The minimum absolute atomic E-state index is 0.00217. The first kappa shape index (κ1) is 17.7. The van der Waals surface area contributed by atoms with Crippen molar-refractivity contribution >= 4 is 15.9 Å². The van der Waals surface area contributed by atoms with Crippen molar-refractivity contribution in [3.8, 4) is 5.75 Å². The lowest BCUT2D eigenvalue weighted by Crippen LogP contribution is -2.49. The summed E-state index contributed by atoms with van der Waals surface area (Å²) in [7, 11) is -3.24. The average molecular weight is 340 g/mol. The molecular formula is C16H24N2O4S. The number of hydrogen-bond acceptors (Lipinski definition) is 4. The molecule has 2 rings (SSSR count). The predicted molar refractivity (Wildman–Crippen MR) is 88.9 cm³/mol. The van der Waals surface area contributed by atoms with E-state index >= 15 is 0 Å². The average Bonchev–Trinajstić information content (AvgIpc) is 2.45. The van der Waals surface area contributed by atoms with Gasteiger partial charge in [0.1, 0.15) is 5.75 Å². The Balaban J connectivity index is 1.78. The fourth-order valence-electron chi connectivity index (χ4n) is 2.72. The monoisotopic (exact) mass is 340 g/mol. The number of hydrogen-bond donors (Lipinski definition) is 1. The molecule has 1 amide bonds. The Morgan fingerprint density at radius 3 is 2.91 bits per heavy atom. The third-order valence-corrected chi connectivity index (χ3v) is 4.49. The number of benzene rings is 1. The molecule has 0 radical (unpaired) electrons. The SMILES string of the molecule is Cc1cccc(OCCC(=O)N2CCCC(NS(C)(=O)=O)C2)c1. The number of aryl methyl sites for hydroxylation is 1. The third kappa shape index (κ3) is 6.19. The fraction of sp³-hybridized carbons (Fsp3) is 0.562. The Bertz CT molecular complexity index is 645. The quantitative estimate of drug-likeness (QED) is 0.847. The van der Waals surface area contributed by atoms with Gasteiger partial charge in [0.25, 0.3) is 0 Å². The zero-order valence-electron chi connectivity index (χ0n) is 13.6. The molecule has 0 aromatic heterocycles. The Labute approximate surface area is 137 Å². The van der Waals surface area contributed by atoms with Gasteiger partial charge in [-0.25, -0.2) is 13.1 Å². The number of nitrogens with zero attached hydrogens (tertiary/aromatic N) is 1. The van der Waals surface area contributed by atoms with Crippen LogP contribution in [0, 0.1) is 6.92 Å². The van der Waals surface area contributed by atoms with Crippen molar-refractivity contribution in [1.82, 2.24) is 9.62 Å². The maximum absolute atomic E-state index is 12.2. The normalized spacial score (nSPS) is 18.7. The summed E-state index contributed by atoms with van der Waals surface area (Å²) in [6, 6.07) is 7.50. The first-order valence-corrected chi connectivity index (χ1v) is 9.67. The predicted octanol–water partition coefficient (Wildman–Crippen LogP) is 1.30. The molecule has 1 aromatic carbocycles. The Morgan fingerprint density at radius 2 is 2.22 bits per heavy atom. The van der Waals surface area contributed by atoms with Crippen LogP contribution >= 0.6 is 0 Å². The van der Waals surface area contributed by atoms with Crippen molar-refractivity contribution in [2.75, 3.05) is 26.0 Å². The molecule has 1 aromatic rings. The smallest absolute Gasteiger partial charge is 0.226 e. The van der Waals surface area contributed by atoms with Crippen molar-refractivity contribution in [2.24, 2.45) is 0 Å². The Morgan fingerprint density at radius 1 is 1.43 bits per heavy atom. The molecule has 1 saturated heterocycles. The van der Waals surface area contributed by atoms with Crippen LogP contribution in [0.5, 0.6) is 5.75 Å². The van der Waals surface area contributed by atoms with Crippen LogP contribution in [-0.2, 0) is 14.8 Å². The van der Waals surface area contributed by atoms with Gasteiger partial charge < -0.3 is 9.64 Å². The van der Waals surface area contributed by atoms with Crippen LogP contribution in [0.15, 0.2) is 24.3 Å². The third-order valence-electron chi connectivity index (χ3n) is 3.73. The zero-order chi connectivity index (χ0) is 16.9. The fourth-order valence-corrected chi connectivity index (χ4v) is 3.52. The second kappa shape index (κ2) is 7.79. The summed E-state index contributed by atoms with van der Waals surface area (Å²) in [5, 5.41) is 0. The summed E-state index contributed by atoms with van der Waals surface area (Å²) < 4.78 is 30.8.